The standard InChI is InChI=1S/C15H22FN/c1-2-12-6-8-13(9-7-12)11-14(16)15-5-3-4-10-17-15/h6-9,14-15,17H,2-5,10-11H2,1H3. The van der Waals surface area contributed by atoms with E-state index in [0.29, 0.717) is 6.42 Å². The second-order valence-electron chi connectivity index (χ2n) is 4.95. The monoisotopic (exact) mass is 235 g/mol. The fraction of sp³-hybridized carbons (Fsp3) is 0.600. The first-order valence-corrected chi connectivity index (χ1v) is 6.75. The fourth-order valence-corrected chi connectivity index (χ4v) is 2.47. The summed E-state index contributed by atoms with van der Waals surface area (Å²) >= 11 is 0. The number of hydrogen-bond donors (Lipinski definition) is 1. The van der Waals surface area contributed by atoms with Crippen LogP contribution in [0.25, 0.3) is 0 Å². The third-order valence-corrected chi connectivity index (χ3v) is 3.65. The fourth-order valence-electron chi connectivity index (χ4n) is 2.47. The molecule has 0 radical (unpaired) electrons. The molecule has 2 heteroatoms. The second-order valence-corrected chi connectivity index (χ2v) is 4.95. The van der Waals surface area contributed by atoms with Crippen LogP contribution in [0.4, 0.5) is 4.39 Å². The molecule has 0 amide bonds. The lowest BCUT2D eigenvalue weighted by Gasteiger charge is -2.26. The lowest BCUT2D eigenvalue weighted by Crippen LogP contribution is -2.42. The highest BCUT2D eigenvalue weighted by Crippen LogP contribution is 2.17. The van der Waals surface area contributed by atoms with Gasteiger partial charge in [-0.2, -0.15) is 0 Å². The van der Waals surface area contributed by atoms with Crippen molar-refractivity contribution in [3.63, 3.8) is 0 Å². The Morgan fingerprint density at radius 1 is 1.24 bits per heavy atom. The minimum absolute atomic E-state index is 0.0644. The summed E-state index contributed by atoms with van der Waals surface area (Å²) in [6, 6.07) is 8.41. The van der Waals surface area contributed by atoms with E-state index in [1.54, 1.807) is 0 Å². The molecule has 1 aliphatic heterocycles. The largest absolute Gasteiger partial charge is 0.311 e. The summed E-state index contributed by atoms with van der Waals surface area (Å²) in [5.41, 5.74) is 2.43. The van der Waals surface area contributed by atoms with Crippen molar-refractivity contribution in [3.05, 3.63) is 35.4 Å². The number of hydrogen-bond acceptors (Lipinski definition) is 1. The lowest BCUT2D eigenvalue weighted by atomic mass is 9.96. The van der Waals surface area contributed by atoms with Crippen molar-refractivity contribution in [3.8, 4) is 0 Å². The number of piperidine rings is 1. The highest BCUT2D eigenvalue weighted by molar-refractivity contribution is 5.23. The molecule has 0 bridgehead atoms. The highest BCUT2D eigenvalue weighted by atomic mass is 19.1. The van der Waals surface area contributed by atoms with E-state index < -0.39 is 6.17 Å². The van der Waals surface area contributed by atoms with Crippen LogP contribution >= 0.6 is 0 Å². The number of rotatable bonds is 4. The van der Waals surface area contributed by atoms with Crippen LogP contribution in [0, 0.1) is 0 Å². The lowest BCUT2D eigenvalue weighted by molar-refractivity contribution is 0.217. The molecule has 1 nitrogen and oxygen atoms in total. The summed E-state index contributed by atoms with van der Waals surface area (Å²) < 4.78 is 14.1. The molecule has 1 aromatic rings. The van der Waals surface area contributed by atoms with Gasteiger partial charge < -0.3 is 5.32 Å². The van der Waals surface area contributed by atoms with Gasteiger partial charge in [0.05, 0.1) is 0 Å². The van der Waals surface area contributed by atoms with Crippen LogP contribution in [0.2, 0.25) is 0 Å². The van der Waals surface area contributed by atoms with E-state index in [2.05, 4.69) is 36.5 Å². The van der Waals surface area contributed by atoms with Crippen LogP contribution in [0.3, 0.4) is 0 Å². The van der Waals surface area contributed by atoms with Crippen molar-refractivity contribution in [2.75, 3.05) is 6.54 Å². The Labute approximate surface area is 103 Å². The first-order valence-electron chi connectivity index (χ1n) is 6.75. The molecule has 1 N–H and O–H groups in total. The van der Waals surface area contributed by atoms with E-state index in [1.165, 1.54) is 12.0 Å². The molecule has 1 heterocycles. The van der Waals surface area contributed by atoms with Crippen molar-refractivity contribution in [1.29, 1.82) is 0 Å². The Balaban J connectivity index is 1.89. The van der Waals surface area contributed by atoms with Crippen molar-refractivity contribution in [1.82, 2.24) is 5.32 Å². The van der Waals surface area contributed by atoms with Crippen LogP contribution < -0.4 is 5.32 Å². The Hall–Kier alpha value is -0.890. The van der Waals surface area contributed by atoms with Gasteiger partial charge >= 0.3 is 0 Å². The summed E-state index contributed by atoms with van der Waals surface area (Å²) in [5.74, 6) is 0. The van der Waals surface area contributed by atoms with Gasteiger partial charge in [-0.05, 0) is 36.9 Å². The predicted molar refractivity (Wildman–Crippen MR) is 70.1 cm³/mol. The van der Waals surface area contributed by atoms with Crippen molar-refractivity contribution >= 4 is 0 Å². The number of aryl methyl sites for hydroxylation is 1. The quantitative estimate of drug-likeness (QED) is 0.844. The summed E-state index contributed by atoms with van der Waals surface area (Å²) in [6.45, 7) is 3.11. The van der Waals surface area contributed by atoms with E-state index in [1.807, 2.05) is 0 Å². The molecule has 17 heavy (non-hydrogen) atoms. The van der Waals surface area contributed by atoms with E-state index in [9.17, 15) is 4.39 Å². The van der Waals surface area contributed by atoms with Crippen molar-refractivity contribution < 1.29 is 4.39 Å². The number of halogens is 1. The molecule has 1 aromatic carbocycles. The molecule has 2 rings (SSSR count). The smallest absolute Gasteiger partial charge is 0.119 e. The molecule has 2 atom stereocenters. The summed E-state index contributed by atoms with van der Waals surface area (Å²) in [6.07, 6.45) is 4.17. The number of benzene rings is 1. The van der Waals surface area contributed by atoms with Gasteiger partial charge in [0, 0.05) is 12.5 Å². The van der Waals surface area contributed by atoms with Gasteiger partial charge in [0.2, 0.25) is 0 Å². The summed E-state index contributed by atoms with van der Waals surface area (Å²) in [4.78, 5) is 0. The zero-order valence-electron chi connectivity index (χ0n) is 10.6. The number of nitrogens with one attached hydrogen (secondary N) is 1. The number of alkyl halides is 1. The Kier molecular flexibility index (Phi) is 4.55. The van der Waals surface area contributed by atoms with Crippen LogP contribution in [0.1, 0.15) is 37.3 Å². The van der Waals surface area contributed by atoms with Crippen molar-refractivity contribution in [2.45, 2.75) is 51.2 Å². The Morgan fingerprint density at radius 2 is 1.94 bits per heavy atom. The highest BCUT2D eigenvalue weighted by Gasteiger charge is 2.22. The third-order valence-electron chi connectivity index (χ3n) is 3.65. The van der Waals surface area contributed by atoms with E-state index in [0.717, 1.165) is 31.4 Å². The SMILES string of the molecule is CCc1ccc(CC(F)C2CCCCN2)cc1. The molecule has 0 spiro atoms. The zero-order chi connectivity index (χ0) is 12.1. The second kappa shape index (κ2) is 6.15. The summed E-state index contributed by atoms with van der Waals surface area (Å²) in [5, 5.41) is 3.29. The van der Waals surface area contributed by atoms with Crippen LogP contribution in [0.15, 0.2) is 24.3 Å². The predicted octanol–water partition coefficient (Wildman–Crippen LogP) is 3.27. The van der Waals surface area contributed by atoms with E-state index >= 15 is 0 Å². The zero-order valence-corrected chi connectivity index (χ0v) is 10.6. The van der Waals surface area contributed by atoms with Gasteiger partial charge in [0.15, 0.2) is 0 Å². The van der Waals surface area contributed by atoms with Gasteiger partial charge in [0.1, 0.15) is 6.17 Å². The molecule has 1 saturated heterocycles. The van der Waals surface area contributed by atoms with Crippen LogP contribution in [-0.2, 0) is 12.8 Å². The van der Waals surface area contributed by atoms with Crippen LogP contribution in [0.5, 0.6) is 0 Å². The molecule has 0 aromatic heterocycles. The van der Waals surface area contributed by atoms with Crippen molar-refractivity contribution in [2.24, 2.45) is 0 Å². The average Bonchev–Trinajstić information content (AvgIpc) is 2.40. The normalized spacial score (nSPS) is 22.4. The molecule has 0 aliphatic carbocycles. The molecule has 1 fully saturated rings. The maximum absolute atomic E-state index is 14.1. The van der Waals surface area contributed by atoms with Gasteiger partial charge in [-0.25, -0.2) is 4.39 Å². The van der Waals surface area contributed by atoms with Gasteiger partial charge in [-0.3, -0.25) is 0 Å². The minimum atomic E-state index is -0.747. The first kappa shape index (κ1) is 12.6. The average molecular weight is 235 g/mol. The molecule has 1 aliphatic rings. The third kappa shape index (κ3) is 3.53. The Bertz CT molecular complexity index is 327. The van der Waals surface area contributed by atoms with Crippen LogP contribution in [-0.4, -0.2) is 18.8 Å². The topological polar surface area (TPSA) is 12.0 Å². The van der Waals surface area contributed by atoms with E-state index in [-0.39, 0.29) is 6.04 Å². The van der Waals surface area contributed by atoms with Gasteiger partial charge in [0.25, 0.3) is 0 Å². The maximum atomic E-state index is 14.1. The molecular formula is C15H22FN. The van der Waals surface area contributed by atoms with E-state index in [4.69, 9.17) is 0 Å². The van der Waals surface area contributed by atoms with Gasteiger partial charge in [-0.15, -0.1) is 0 Å². The minimum Gasteiger partial charge on any atom is -0.311 e. The molecule has 0 saturated carbocycles. The maximum Gasteiger partial charge on any atom is 0.119 e. The molecule has 2 unspecified atom stereocenters. The molecule has 94 valence electrons. The molecular weight excluding hydrogens is 213 g/mol. The Morgan fingerprint density at radius 3 is 2.53 bits per heavy atom. The first-order chi connectivity index (χ1) is 8.29. The van der Waals surface area contributed by atoms with Gasteiger partial charge in [-0.1, -0.05) is 37.6 Å². The summed E-state index contributed by atoms with van der Waals surface area (Å²) in [7, 11) is 0.